The Morgan fingerprint density at radius 1 is 1.09 bits per heavy atom. The number of para-hydroxylation sites is 1. The van der Waals surface area contributed by atoms with Crippen molar-refractivity contribution in [3.63, 3.8) is 0 Å². The maximum absolute atomic E-state index is 13.2. The summed E-state index contributed by atoms with van der Waals surface area (Å²) in [5, 5.41) is 2.61. The zero-order chi connectivity index (χ0) is 25.1. The zero-order valence-corrected chi connectivity index (χ0v) is 21.2. The Bertz CT molecular complexity index is 1250. The van der Waals surface area contributed by atoms with Crippen molar-refractivity contribution >= 4 is 37.3 Å². The van der Waals surface area contributed by atoms with E-state index in [9.17, 15) is 21.6 Å². The summed E-state index contributed by atoms with van der Waals surface area (Å²) in [6.45, 7) is 4.06. The molecule has 1 amide bonds. The van der Waals surface area contributed by atoms with Gasteiger partial charge in [0.15, 0.2) is 0 Å². The number of carbonyl (C=O) groups is 1. The molecule has 0 saturated carbocycles. The molecule has 1 aliphatic heterocycles. The lowest BCUT2D eigenvalue weighted by Crippen LogP contribution is -2.40. The fraction of sp³-hybridized carbons (Fsp3) is 0.409. The standard InChI is InChI=1S/C22H29N3O7S2/c1-16-6-5-7-17(2)22(16)25(33(4,27)28)15-21(26)23-18-8-9-19(31-3)20(14-18)34(29,30)24-10-12-32-13-11-24/h5-9,14H,10-13,15H2,1-4H3,(H,23,26). The molecule has 2 aromatic carbocycles. The number of hydrogen-bond acceptors (Lipinski definition) is 7. The molecule has 1 heterocycles. The predicted octanol–water partition coefficient (Wildman–Crippen LogP) is 1.74. The van der Waals surface area contributed by atoms with Crippen molar-refractivity contribution in [2.24, 2.45) is 0 Å². The van der Waals surface area contributed by atoms with E-state index in [1.807, 2.05) is 6.07 Å². The van der Waals surface area contributed by atoms with Gasteiger partial charge in [0.25, 0.3) is 0 Å². The lowest BCUT2D eigenvalue weighted by molar-refractivity contribution is -0.114. The maximum Gasteiger partial charge on any atom is 0.246 e. The molecule has 1 N–H and O–H groups in total. The number of amides is 1. The van der Waals surface area contributed by atoms with Crippen LogP contribution in [0.4, 0.5) is 11.4 Å². The first-order valence-electron chi connectivity index (χ1n) is 10.5. The molecule has 1 fully saturated rings. The van der Waals surface area contributed by atoms with Gasteiger partial charge in [-0.2, -0.15) is 4.31 Å². The summed E-state index contributed by atoms with van der Waals surface area (Å²) in [5.41, 5.74) is 2.06. The highest BCUT2D eigenvalue weighted by Gasteiger charge is 2.30. The van der Waals surface area contributed by atoms with Gasteiger partial charge in [-0.15, -0.1) is 0 Å². The smallest absolute Gasteiger partial charge is 0.246 e. The predicted molar refractivity (Wildman–Crippen MR) is 129 cm³/mol. The molecular formula is C22H29N3O7S2. The van der Waals surface area contributed by atoms with Crippen LogP contribution in [-0.2, 0) is 29.6 Å². The monoisotopic (exact) mass is 511 g/mol. The molecule has 12 heteroatoms. The van der Waals surface area contributed by atoms with Crippen LogP contribution in [0.1, 0.15) is 11.1 Å². The van der Waals surface area contributed by atoms with Crippen LogP contribution in [0, 0.1) is 13.8 Å². The summed E-state index contributed by atoms with van der Waals surface area (Å²) in [5.74, 6) is -0.481. The summed E-state index contributed by atoms with van der Waals surface area (Å²) in [4.78, 5) is 12.8. The van der Waals surface area contributed by atoms with Gasteiger partial charge in [0.1, 0.15) is 17.2 Å². The number of aryl methyl sites for hydroxylation is 2. The molecule has 10 nitrogen and oxygen atoms in total. The highest BCUT2D eigenvalue weighted by atomic mass is 32.2. The topological polar surface area (TPSA) is 122 Å². The number of rotatable bonds is 8. The molecule has 0 unspecified atom stereocenters. The second kappa shape index (κ2) is 10.3. The summed E-state index contributed by atoms with van der Waals surface area (Å²) in [6.07, 6.45) is 1.03. The van der Waals surface area contributed by atoms with E-state index in [1.54, 1.807) is 26.0 Å². The zero-order valence-electron chi connectivity index (χ0n) is 19.6. The van der Waals surface area contributed by atoms with Gasteiger partial charge in [-0.3, -0.25) is 9.10 Å². The van der Waals surface area contributed by atoms with Crippen molar-refractivity contribution < 1.29 is 31.1 Å². The Hall–Kier alpha value is -2.67. The minimum atomic E-state index is -3.89. The van der Waals surface area contributed by atoms with E-state index in [4.69, 9.17) is 9.47 Å². The first-order valence-corrected chi connectivity index (χ1v) is 13.8. The van der Waals surface area contributed by atoms with Crippen molar-refractivity contribution in [1.29, 1.82) is 0 Å². The minimum Gasteiger partial charge on any atom is -0.495 e. The lowest BCUT2D eigenvalue weighted by Gasteiger charge is -2.27. The number of nitrogens with zero attached hydrogens (tertiary/aromatic N) is 2. The van der Waals surface area contributed by atoms with Gasteiger partial charge >= 0.3 is 0 Å². The van der Waals surface area contributed by atoms with E-state index in [0.29, 0.717) is 16.8 Å². The first kappa shape index (κ1) is 25.9. The fourth-order valence-corrected chi connectivity index (χ4v) is 6.34. The number of carbonyl (C=O) groups excluding carboxylic acids is 1. The molecule has 1 saturated heterocycles. The van der Waals surface area contributed by atoms with Crippen LogP contribution in [0.25, 0.3) is 0 Å². The molecule has 0 aliphatic carbocycles. The van der Waals surface area contributed by atoms with E-state index in [2.05, 4.69) is 5.32 Å². The van der Waals surface area contributed by atoms with E-state index < -0.39 is 32.5 Å². The van der Waals surface area contributed by atoms with Crippen LogP contribution in [0.3, 0.4) is 0 Å². The van der Waals surface area contributed by atoms with Gasteiger partial charge in [-0.05, 0) is 43.2 Å². The van der Waals surface area contributed by atoms with Crippen molar-refractivity contribution in [2.45, 2.75) is 18.7 Å². The van der Waals surface area contributed by atoms with Gasteiger partial charge in [-0.25, -0.2) is 16.8 Å². The second-order valence-corrected chi connectivity index (χ2v) is 11.8. The van der Waals surface area contributed by atoms with Crippen LogP contribution in [0.15, 0.2) is 41.3 Å². The Morgan fingerprint density at radius 3 is 2.26 bits per heavy atom. The number of ether oxygens (including phenoxy) is 2. The SMILES string of the molecule is COc1ccc(NC(=O)CN(c2c(C)cccc2C)S(C)(=O)=O)cc1S(=O)(=O)N1CCOCC1. The molecule has 0 aromatic heterocycles. The number of sulfonamides is 2. The van der Waals surface area contributed by atoms with Crippen molar-refractivity contribution in [2.75, 3.05) is 55.8 Å². The largest absolute Gasteiger partial charge is 0.495 e. The Labute approximate surface area is 200 Å². The quantitative estimate of drug-likeness (QED) is 0.573. The Kier molecular flexibility index (Phi) is 7.86. The normalized spacial score (nSPS) is 15.1. The van der Waals surface area contributed by atoms with Crippen LogP contribution in [0.2, 0.25) is 0 Å². The second-order valence-electron chi connectivity index (χ2n) is 7.94. The van der Waals surface area contributed by atoms with E-state index in [-0.39, 0.29) is 42.6 Å². The fourth-order valence-electron chi connectivity index (χ4n) is 3.77. The Morgan fingerprint density at radius 2 is 1.71 bits per heavy atom. The maximum atomic E-state index is 13.2. The molecule has 2 aromatic rings. The summed E-state index contributed by atoms with van der Waals surface area (Å²) in [7, 11) is -6.30. The van der Waals surface area contributed by atoms with Crippen LogP contribution in [0.5, 0.6) is 5.75 Å². The molecule has 3 rings (SSSR count). The molecule has 0 spiro atoms. The van der Waals surface area contributed by atoms with Crippen molar-refractivity contribution in [3.05, 3.63) is 47.5 Å². The lowest BCUT2D eigenvalue weighted by atomic mass is 10.1. The van der Waals surface area contributed by atoms with Gasteiger partial charge in [-0.1, -0.05) is 18.2 Å². The summed E-state index contributed by atoms with van der Waals surface area (Å²) in [6, 6.07) is 9.60. The van der Waals surface area contributed by atoms with E-state index in [1.165, 1.54) is 29.6 Å². The molecule has 34 heavy (non-hydrogen) atoms. The molecule has 186 valence electrons. The molecule has 0 atom stereocenters. The summed E-state index contributed by atoms with van der Waals surface area (Å²) >= 11 is 0. The third-order valence-electron chi connectivity index (χ3n) is 5.41. The molecule has 1 aliphatic rings. The van der Waals surface area contributed by atoms with E-state index in [0.717, 1.165) is 10.6 Å². The molecular weight excluding hydrogens is 482 g/mol. The Balaban J connectivity index is 1.89. The minimum absolute atomic E-state index is 0.0931. The number of benzene rings is 2. The van der Waals surface area contributed by atoms with Crippen LogP contribution < -0.4 is 14.4 Å². The third kappa shape index (κ3) is 5.69. The molecule has 0 bridgehead atoms. The average molecular weight is 512 g/mol. The highest BCUT2D eigenvalue weighted by molar-refractivity contribution is 7.92. The summed E-state index contributed by atoms with van der Waals surface area (Å²) < 4.78 is 64.1. The van der Waals surface area contributed by atoms with Crippen LogP contribution in [-0.4, -0.2) is 73.3 Å². The van der Waals surface area contributed by atoms with E-state index >= 15 is 0 Å². The average Bonchev–Trinajstić information content (AvgIpc) is 2.78. The third-order valence-corrected chi connectivity index (χ3v) is 8.44. The first-order chi connectivity index (χ1) is 15.9. The van der Waals surface area contributed by atoms with Crippen molar-refractivity contribution in [1.82, 2.24) is 4.31 Å². The number of methoxy groups -OCH3 is 1. The van der Waals surface area contributed by atoms with Gasteiger partial charge in [0.05, 0.1) is 32.3 Å². The number of hydrogen-bond donors (Lipinski definition) is 1. The molecule has 0 radical (unpaired) electrons. The van der Waals surface area contributed by atoms with Gasteiger partial charge in [0, 0.05) is 18.8 Å². The number of nitrogens with one attached hydrogen (secondary N) is 1. The number of morpholine rings is 1. The van der Waals surface area contributed by atoms with Gasteiger partial charge < -0.3 is 14.8 Å². The van der Waals surface area contributed by atoms with Gasteiger partial charge in [0.2, 0.25) is 26.0 Å². The van der Waals surface area contributed by atoms with Crippen LogP contribution >= 0.6 is 0 Å². The number of anilines is 2. The highest BCUT2D eigenvalue weighted by Crippen LogP contribution is 2.31. The van der Waals surface area contributed by atoms with Crippen molar-refractivity contribution in [3.8, 4) is 5.75 Å².